The van der Waals surface area contributed by atoms with Gasteiger partial charge in [0.1, 0.15) is 5.69 Å². The third-order valence-corrected chi connectivity index (χ3v) is 6.24. The van der Waals surface area contributed by atoms with Crippen molar-refractivity contribution in [3.8, 4) is 33.7 Å². The Kier molecular flexibility index (Phi) is 8.48. The summed E-state index contributed by atoms with van der Waals surface area (Å²) in [6.45, 7) is 2.90. The van der Waals surface area contributed by atoms with Crippen molar-refractivity contribution in [1.82, 2.24) is 10.5 Å². The molecule has 0 aliphatic heterocycles. The summed E-state index contributed by atoms with van der Waals surface area (Å²) in [6, 6.07) is 23.4. The Morgan fingerprint density at radius 2 is 1.68 bits per heavy atom. The molecule has 1 amide bonds. The number of carbonyl (C=O) groups is 2. The summed E-state index contributed by atoms with van der Waals surface area (Å²) < 4.78 is 15.9. The molecule has 0 bridgehead atoms. The Bertz CT molecular complexity index is 1380. The number of hydrogen-bond acceptors (Lipinski definition) is 6. The van der Waals surface area contributed by atoms with Crippen molar-refractivity contribution in [2.45, 2.75) is 26.4 Å². The van der Waals surface area contributed by atoms with Gasteiger partial charge in [-0.15, -0.1) is 0 Å². The Balaban J connectivity index is 1.56. The Hall–Kier alpha value is -4.23. The van der Waals surface area contributed by atoms with Crippen molar-refractivity contribution in [2.75, 3.05) is 20.8 Å². The first-order chi connectivity index (χ1) is 18.0. The summed E-state index contributed by atoms with van der Waals surface area (Å²) in [4.78, 5) is 23.8. The second-order valence-corrected chi connectivity index (χ2v) is 8.66. The van der Waals surface area contributed by atoms with E-state index in [4.69, 9.17) is 9.26 Å². The first-order valence-corrected chi connectivity index (χ1v) is 12.1. The lowest BCUT2D eigenvalue weighted by Gasteiger charge is -2.15. The van der Waals surface area contributed by atoms with Crippen LogP contribution in [0.4, 0.5) is 0 Å². The van der Waals surface area contributed by atoms with Crippen LogP contribution in [-0.2, 0) is 20.9 Å². The molecule has 1 N–H and O–H groups in total. The van der Waals surface area contributed by atoms with Crippen molar-refractivity contribution in [1.29, 1.82) is 0 Å². The van der Waals surface area contributed by atoms with Crippen LogP contribution in [0.25, 0.3) is 33.7 Å². The fourth-order valence-corrected chi connectivity index (χ4v) is 4.25. The van der Waals surface area contributed by atoms with E-state index in [1.54, 1.807) is 19.2 Å². The first kappa shape index (κ1) is 25.9. The van der Waals surface area contributed by atoms with Crippen LogP contribution in [-0.4, -0.2) is 37.8 Å². The molecular weight excluding hydrogens is 468 g/mol. The number of nitrogens with one attached hydrogen (secondary N) is 1. The van der Waals surface area contributed by atoms with Crippen LogP contribution in [0.2, 0.25) is 0 Å². The van der Waals surface area contributed by atoms with Crippen LogP contribution in [0, 0.1) is 6.92 Å². The van der Waals surface area contributed by atoms with Gasteiger partial charge in [0, 0.05) is 42.8 Å². The van der Waals surface area contributed by atoms with Gasteiger partial charge in [-0.25, -0.2) is 0 Å². The van der Waals surface area contributed by atoms with Gasteiger partial charge in [0.05, 0.1) is 13.7 Å². The third kappa shape index (κ3) is 6.13. The number of methoxy groups -OCH3 is 2. The van der Waals surface area contributed by atoms with E-state index >= 15 is 0 Å². The summed E-state index contributed by atoms with van der Waals surface area (Å²) in [7, 11) is 3.03. The van der Waals surface area contributed by atoms with E-state index in [1.807, 2.05) is 42.5 Å². The van der Waals surface area contributed by atoms with Gasteiger partial charge in [-0.2, -0.15) is 0 Å². The molecule has 4 aromatic rings. The molecule has 0 aliphatic carbocycles. The Morgan fingerprint density at radius 3 is 2.43 bits per heavy atom. The molecule has 0 unspecified atom stereocenters. The predicted octanol–water partition coefficient (Wildman–Crippen LogP) is 5.81. The van der Waals surface area contributed by atoms with Crippen LogP contribution >= 0.6 is 0 Å². The van der Waals surface area contributed by atoms with Crippen LogP contribution in [0.5, 0.6) is 0 Å². The quantitative estimate of drug-likeness (QED) is 0.219. The molecule has 4 rings (SSSR count). The minimum absolute atomic E-state index is 0.218. The average Bonchev–Trinajstić information content (AvgIpc) is 3.43. The van der Waals surface area contributed by atoms with Gasteiger partial charge < -0.3 is 19.3 Å². The van der Waals surface area contributed by atoms with Crippen molar-refractivity contribution in [3.63, 3.8) is 0 Å². The highest BCUT2D eigenvalue weighted by atomic mass is 16.5. The van der Waals surface area contributed by atoms with Crippen LogP contribution in [0.1, 0.15) is 34.3 Å². The lowest BCUT2D eigenvalue weighted by molar-refractivity contribution is -0.140. The third-order valence-electron chi connectivity index (χ3n) is 6.24. The molecule has 0 saturated heterocycles. The number of carbonyl (C=O) groups excluding carboxylic acids is 2. The van der Waals surface area contributed by atoms with E-state index in [0.29, 0.717) is 36.6 Å². The molecule has 3 aromatic carbocycles. The summed E-state index contributed by atoms with van der Waals surface area (Å²) >= 11 is 0. The number of ether oxygens (including phenoxy) is 2. The molecule has 1 aromatic heterocycles. The highest BCUT2D eigenvalue weighted by Crippen LogP contribution is 2.35. The molecule has 7 nitrogen and oxygen atoms in total. The highest BCUT2D eigenvalue weighted by molar-refractivity contribution is 5.95. The van der Waals surface area contributed by atoms with E-state index in [2.05, 4.69) is 40.3 Å². The van der Waals surface area contributed by atoms with Gasteiger partial charge in [0.25, 0.3) is 5.91 Å². The first-order valence-electron chi connectivity index (χ1n) is 12.1. The van der Waals surface area contributed by atoms with E-state index < -0.39 is 0 Å². The lowest BCUT2D eigenvalue weighted by Crippen LogP contribution is -2.25. The molecule has 0 fully saturated rings. The maximum atomic E-state index is 12.6. The largest absolute Gasteiger partial charge is 0.469 e. The van der Waals surface area contributed by atoms with E-state index in [-0.39, 0.29) is 18.3 Å². The minimum atomic E-state index is -0.295. The fraction of sp³-hybridized carbons (Fsp3) is 0.233. The van der Waals surface area contributed by atoms with E-state index in [0.717, 1.165) is 33.4 Å². The van der Waals surface area contributed by atoms with Crippen molar-refractivity contribution < 1.29 is 23.6 Å². The normalized spacial score (nSPS) is 10.8. The molecule has 0 radical (unpaired) electrons. The molecular formula is C30H30N2O5. The number of benzene rings is 3. The Labute approximate surface area is 216 Å². The SMILES string of the molecule is COCc1c(-c2cc(-c3cccc(C(=O)NCCCC(=O)OC)c3)no2)ccc(-c2ccccc2)c1C. The smallest absolute Gasteiger partial charge is 0.305 e. The average molecular weight is 499 g/mol. The predicted molar refractivity (Wildman–Crippen MR) is 142 cm³/mol. The zero-order valence-corrected chi connectivity index (χ0v) is 21.2. The number of amides is 1. The van der Waals surface area contributed by atoms with Gasteiger partial charge in [-0.1, -0.05) is 59.8 Å². The highest BCUT2D eigenvalue weighted by Gasteiger charge is 2.17. The maximum Gasteiger partial charge on any atom is 0.305 e. The van der Waals surface area contributed by atoms with Gasteiger partial charge in [0.2, 0.25) is 0 Å². The number of hydrogen-bond donors (Lipinski definition) is 1. The number of esters is 1. The topological polar surface area (TPSA) is 90.7 Å². The van der Waals surface area contributed by atoms with Gasteiger partial charge in [0.15, 0.2) is 5.76 Å². The molecule has 37 heavy (non-hydrogen) atoms. The molecule has 0 spiro atoms. The molecule has 7 heteroatoms. The minimum Gasteiger partial charge on any atom is -0.469 e. The van der Waals surface area contributed by atoms with Crippen molar-refractivity contribution >= 4 is 11.9 Å². The molecule has 0 saturated carbocycles. The zero-order valence-electron chi connectivity index (χ0n) is 21.2. The summed E-state index contributed by atoms with van der Waals surface area (Å²) in [5.74, 6) is 0.115. The zero-order chi connectivity index (χ0) is 26.2. The standard InChI is InChI=1S/C30H30N2O5/c1-20-24(21-9-5-4-6-10-21)14-15-25(26(20)19-35-2)28-18-27(32-37-28)22-11-7-12-23(17-22)30(34)31-16-8-13-29(33)36-3/h4-7,9-12,14-15,17-18H,8,13,16,19H2,1-3H3,(H,31,34). The van der Waals surface area contributed by atoms with Gasteiger partial charge in [-0.05, 0) is 47.7 Å². The Morgan fingerprint density at radius 1 is 0.919 bits per heavy atom. The molecule has 0 atom stereocenters. The van der Waals surface area contributed by atoms with Crippen LogP contribution in [0.3, 0.4) is 0 Å². The summed E-state index contributed by atoms with van der Waals surface area (Å²) in [6.07, 6.45) is 0.770. The molecule has 0 aliphatic rings. The summed E-state index contributed by atoms with van der Waals surface area (Å²) in [5, 5.41) is 7.11. The molecule has 1 heterocycles. The van der Waals surface area contributed by atoms with E-state index in [1.165, 1.54) is 7.11 Å². The fourth-order valence-electron chi connectivity index (χ4n) is 4.25. The second-order valence-electron chi connectivity index (χ2n) is 8.66. The van der Waals surface area contributed by atoms with Crippen molar-refractivity contribution in [3.05, 3.63) is 89.5 Å². The lowest BCUT2D eigenvalue weighted by atomic mass is 9.92. The van der Waals surface area contributed by atoms with Gasteiger partial charge >= 0.3 is 5.97 Å². The van der Waals surface area contributed by atoms with E-state index in [9.17, 15) is 9.59 Å². The number of aromatic nitrogens is 1. The van der Waals surface area contributed by atoms with Crippen LogP contribution < -0.4 is 5.32 Å². The molecule has 190 valence electrons. The second kappa shape index (κ2) is 12.1. The van der Waals surface area contributed by atoms with Gasteiger partial charge in [-0.3, -0.25) is 9.59 Å². The monoisotopic (exact) mass is 498 g/mol. The van der Waals surface area contributed by atoms with Crippen molar-refractivity contribution in [2.24, 2.45) is 0 Å². The summed E-state index contributed by atoms with van der Waals surface area (Å²) in [5.41, 5.74) is 7.25. The number of rotatable bonds is 10. The maximum absolute atomic E-state index is 12.6. The van der Waals surface area contributed by atoms with Crippen LogP contribution in [0.15, 0.2) is 77.3 Å². The number of nitrogens with zero attached hydrogens (tertiary/aromatic N) is 1.